The van der Waals surface area contributed by atoms with Gasteiger partial charge in [-0.25, -0.2) is 0 Å². The molecule has 1 amide bonds. The van der Waals surface area contributed by atoms with Crippen LogP contribution >= 0.6 is 11.6 Å². The third-order valence-corrected chi connectivity index (χ3v) is 2.63. The van der Waals surface area contributed by atoms with Crippen molar-refractivity contribution in [1.29, 1.82) is 0 Å². The largest absolute Gasteiger partial charge is 0.385 e. The minimum Gasteiger partial charge on any atom is -0.385 e. The molecule has 1 aromatic carbocycles. The topological polar surface area (TPSA) is 38.3 Å². The van der Waals surface area contributed by atoms with E-state index < -0.39 is 0 Å². The van der Waals surface area contributed by atoms with Crippen molar-refractivity contribution in [2.75, 3.05) is 20.3 Å². The normalized spacial score (nSPS) is 10.2. The van der Waals surface area contributed by atoms with Gasteiger partial charge in [-0.3, -0.25) is 4.79 Å². The zero-order valence-corrected chi connectivity index (χ0v) is 10.8. The van der Waals surface area contributed by atoms with E-state index in [9.17, 15) is 4.79 Å². The second kappa shape index (κ2) is 8.09. The molecule has 1 aromatic rings. The molecule has 17 heavy (non-hydrogen) atoms. The Morgan fingerprint density at radius 3 is 2.65 bits per heavy atom. The van der Waals surface area contributed by atoms with Gasteiger partial charge in [0.25, 0.3) is 0 Å². The lowest BCUT2D eigenvalue weighted by Gasteiger charge is -2.05. The number of benzene rings is 1. The number of carbonyl (C=O) groups is 1. The standard InChI is InChI=1S/C13H18ClNO2/c1-17-9-3-2-8-15-13(16)10-11-4-6-12(14)7-5-11/h4-7H,2-3,8-10H2,1H3,(H,15,16). The molecule has 0 unspecified atom stereocenters. The molecular formula is C13H18ClNO2. The third-order valence-electron chi connectivity index (χ3n) is 2.38. The summed E-state index contributed by atoms with van der Waals surface area (Å²) in [5.41, 5.74) is 0.976. The predicted octanol–water partition coefficient (Wildman–Crippen LogP) is 2.43. The molecule has 0 fully saturated rings. The Hall–Kier alpha value is -1.06. The number of ether oxygens (including phenoxy) is 1. The van der Waals surface area contributed by atoms with Crippen molar-refractivity contribution >= 4 is 17.5 Å². The molecule has 0 aromatic heterocycles. The van der Waals surface area contributed by atoms with E-state index >= 15 is 0 Å². The minimum atomic E-state index is 0.0461. The summed E-state index contributed by atoms with van der Waals surface area (Å²) < 4.78 is 4.93. The first-order chi connectivity index (χ1) is 8.22. The second-order valence-electron chi connectivity index (χ2n) is 3.85. The smallest absolute Gasteiger partial charge is 0.224 e. The van der Waals surface area contributed by atoms with Crippen LogP contribution in [0.15, 0.2) is 24.3 Å². The number of hydrogen-bond donors (Lipinski definition) is 1. The molecular weight excluding hydrogens is 238 g/mol. The fourth-order valence-corrected chi connectivity index (χ4v) is 1.58. The van der Waals surface area contributed by atoms with E-state index in [1.807, 2.05) is 12.1 Å². The van der Waals surface area contributed by atoms with Crippen LogP contribution in [0.3, 0.4) is 0 Å². The SMILES string of the molecule is COCCCCNC(=O)Cc1ccc(Cl)cc1. The Balaban J connectivity index is 2.18. The molecule has 94 valence electrons. The Labute approximate surface area is 107 Å². The molecule has 0 aliphatic rings. The highest BCUT2D eigenvalue weighted by molar-refractivity contribution is 6.30. The van der Waals surface area contributed by atoms with Crippen molar-refractivity contribution in [3.63, 3.8) is 0 Å². The maximum atomic E-state index is 11.6. The molecule has 0 aliphatic heterocycles. The number of nitrogens with one attached hydrogen (secondary N) is 1. The van der Waals surface area contributed by atoms with Crippen LogP contribution < -0.4 is 5.32 Å². The quantitative estimate of drug-likeness (QED) is 0.760. The maximum Gasteiger partial charge on any atom is 0.224 e. The van der Waals surface area contributed by atoms with Gasteiger partial charge in [0, 0.05) is 25.3 Å². The van der Waals surface area contributed by atoms with Crippen molar-refractivity contribution in [3.8, 4) is 0 Å². The summed E-state index contributed by atoms with van der Waals surface area (Å²) in [7, 11) is 1.68. The van der Waals surface area contributed by atoms with Gasteiger partial charge in [0.2, 0.25) is 5.91 Å². The second-order valence-corrected chi connectivity index (χ2v) is 4.29. The molecule has 0 aliphatic carbocycles. The van der Waals surface area contributed by atoms with Gasteiger partial charge >= 0.3 is 0 Å². The van der Waals surface area contributed by atoms with Crippen LogP contribution in [0.2, 0.25) is 5.02 Å². The number of halogens is 1. The van der Waals surface area contributed by atoms with Gasteiger partial charge < -0.3 is 10.1 Å². The summed E-state index contributed by atoms with van der Waals surface area (Å²) in [6.07, 6.45) is 2.32. The maximum absolute atomic E-state index is 11.6. The molecule has 0 spiro atoms. The molecule has 1 rings (SSSR count). The summed E-state index contributed by atoms with van der Waals surface area (Å²) in [5.74, 6) is 0.0461. The molecule has 4 heteroatoms. The van der Waals surface area contributed by atoms with Gasteiger partial charge in [0.05, 0.1) is 6.42 Å². The Bertz CT molecular complexity index is 338. The van der Waals surface area contributed by atoms with Gasteiger partial charge in [-0.15, -0.1) is 0 Å². The first kappa shape index (κ1) is 14.0. The number of amides is 1. The number of methoxy groups -OCH3 is 1. The average molecular weight is 256 g/mol. The fourth-order valence-electron chi connectivity index (χ4n) is 1.45. The van der Waals surface area contributed by atoms with Crippen LogP contribution in [-0.2, 0) is 16.0 Å². The van der Waals surface area contributed by atoms with Crippen LogP contribution in [0, 0.1) is 0 Å². The minimum absolute atomic E-state index is 0.0461. The van der Waals surface area contributed by atoms with Crippen LogP contribution in [0.25, 0.3) is 0 Å². The van der Waals surface area contributed by atoms with Crippen molar-refractivity contribution in [2.45, 2.75) is 19.3 Å². The average Bonchev–Trinajstić information content (AvgIpc) is 2.32. The highest BCUT2D eigenvalue weighted by Gasteiger charge is 2.02. The monoisotopic (exact) mass is 255 g/mol. The van der Waals surface area contributed by atoms with Crippen molar-refractivity contribution in [2.24, 2.45) is 0 Å². The Morgan fingerprint density at radius 1 is 1.29 bits per heavy atom. The van der Waals surface area contributed by atoms with E-state index in [0.29, 0.717) is 18.0 Å². The van der Waals surface area contributed by atoms with Gasteiger partial charge in [-0.1, -0.05) is 23.7 Å². The number of hydrogen-bond acceptors (Lipinski definition) is 2. The van der Waals surface area contributed by atoms with Crippen LogP contribution in [0.4, 0.5) is 0 Å². The summed E-state index contributed by atoms with van der Waals surface area (Å²) in [6, 6.07) is 7.32. The summed E-state index contributed by atoms with van der Waals surface area (Å²) >= 11 is 5.77. The number of carbonyl (C=O) groups excluding carboxylic acids is 1. The van der Waals surface area contributed by atoms with Crippen molar-refractivity contribution in [1.82, 2.24) is 5.32 Å². The molecule has 0 radical (unpaired) electrons. The lowest BCUT2D eigenvalue weighted by molar-refractivity contribution is -0.120. The first-order valence-electron chi connectivity index (χ1n) is 5.72. The Kier molecular flexibility index (Phi) is 6.67. The number of rotatable bonds is 7. The predicted molar refractivity (Wildman–Crippen MR) is 69.3 cm³/mol. The van der Waals surface area contributed by atoms with Gasteiger partial charge in [-0.2, -0.15) is 0 Å². The highest BCUT2D eigenvalue weighted by atomic mass is 35.5. The fraction of sp³-hybridized carbons (Fsp3) is 0.462. The van der Waals surface area contributed by atoms with Gasteiger partial charge in [-0.05, 0) is 30.5 Å². The van der Waals surface area contributed by atoms with E-state index in [-0.39, 0.29) is 5.91 Å². The highest BCUT2D eigenvalue weighted by Crippen LogP contribution is 2.09. The van der Waals surface area contributed by atoms with Gasteiger partial charge in [0.15, 0.2) is 0 Å². The van der Waals surface area contributed by atoms with Gasteiger partial charge in [0.1, 0.15) is 0 Å². The van der Waals surface area contributed by atoms with Crippen LogP contribution in [-0.4, -0.2) is 26.2 Å². The molecule has 0 saturated heterocycles. The molecule has 1 N–H and O–H groups in total. The van der Waals surface area contributed by atoms with E-state index in [2.05, 4.69) is 5.32 Å². The molecule has 0 atom stereocenters. The summed E-state index contributed by atoms with van der Waals surface area (Å²) in [4.78, 5) is 11.6. The lowest BCUT2D eigenvalue weighted by atomic mass is 10.1. The number of unbranched alkanes of at least 4 members (excludes halogenated alkanes) is 1. The first-order valence-corrected chi connectivity index (χ1v) is 6.10. The summed E-state index contributed by atoms with van der Waals surface area (Å²) in [6.45, 7) is 1.45. The van der Waals surface area contributed by atoms with E-state index in [1.165, 1.54) is 0 Å². The molecule has 0 bridgehead atoms. The Morgan fingerprint density at radius 2 is 2.00 bits per heavy atom. The van der Waals surface area contributed by atoms with Crippen LogP contribution in [0.1, 0.15) is 18.4 Å². The van der Waals surface area contributed by atoms with Crippen molar-refractivity contribution < 1.29 is 9.53 Å². The lowest BCUT2D eigenvalue weighted by Crippen LogP contribution is -2.26. The zero-order chi connectivity index (χ0) is 12.5. The molecule has 0 saturated carbocycles. The zero-order valence-electron chi connectivity index (χ0n) is 10.0. The molecule has 3 nitrogen and oxygen atoms in total. The third kappa shape index (κ3) is 6.29. The molecule has 0 heterocycles. The van der Waals surface area contributed by atoms with Crippen molar-refractivity contribution in [3.05, 3.63) is 34.9 Å². The van der Waals surface area contributed by atoms with Crippen LogP contribution in [0.5, 0.6) is 0 Å². The van der Waals surface area contributed by atoms with E-state index in [1.54, 1.807) is 19.2 Å². The van der Waals surface area contributed by atoms with E-state index in [0.717, 1.165) is 25.0 Å². The summed E-state index contributed by atoms with van der Waals surface area (Å²) in [5, 5.41) is 3.57. The van der Waals surface area contributed by atoms with E-state index in [4.69, 9.17) is 16.3 Å².